The highest BCUT2D eigenvalue weighted by molar-refractivity contribution is 5.37. The fourth-order valence-electron chi connectivity index (χ4n) is 1.12. The van der Waals surface area contributed by atoms with Gasteiger partial charge in [-0.2, -0.15) is 13.2 Å². The fraction of sp³-hybridized carbons (Fsp3) is 0.333. The van der Waals surface area contributed by atoms with Crippen molar-refractivity contribution in [3.05, 3.63) is 29.6 Å². The Balaban J connectivity index is 3.23. The van der Waals surface area contributed by atoms with Crippen molar-refractivity contribution in [2.45, 2.75) is 12.3 Å². The van der Waals surface area contributed by atoms with Crippen LogP contribution in [0.1, 0.15) is 11.7 Å². The van der Waals surface area contributed by atoms with Crippen LogP contribution in [0.3, 0.4) is 0 Å². The summed E-state index contributed by atoms with van der Waals surface area (Å²) in [6, 6.07) is 3.17. The second kappa shape index (κ2) is 4.06. The summed E-state index contributed by atoms with van der Waals surface area (Å²) >= 11 is 0. The molecule has 1 unspecified atom stereocenters. The van der Waals surface area contributed by atoms with Gasteiger partial charge in [0, 0.05) is 0 Å². The monoisotopic (exact) mass is 224 g/mol. The van der Waals surface area contributed by atoms with Gasteiger partial charge in [0.1, 0.15) is 11.6 Å². The minimum Gasteiger partial charge on any atom is -0.496 e. The lowest BCUT2D eigenvalue weighted by atomic mass is 10.1. The molecule has 0 spiro atoms. The molecular formula is C9H8F4O2. The van der Waals surface area contributed by atoms with Gasteiger partial charge >= 0.3 is 6.18 Å². The van der Waals surface area contributed by atoms with Gasteiger partial charge in [-0.15, -0.1) is 0 Å². The van der Waals surface area contributed by atoms with Crippen molar-refractivity contribution in [3.63, 3.8) is 0 Å². The van der Waals surface area contributed by atoms with Gasteiger partial charge in [0.25, 0.3) is 0 Å². The van der Waals surface area contributed by atoms with Crippen LogP contribution < -0.4 is 4.74 Å². The number of methoxy groups -OCH3 is 1. The third-order valence-electron chi connectivity index (χ3n) is 1.82. The van der Waals surface area contributed by atoms with Gasteiger partial charge in [-0.1, -0.05) is 6.07 Å². The smallest absolute Gasteiger partial charge is 0.418 e. The lowest BCUT2D eigenvalue weighted by molar-refractivity contribution is -0.207. The van der Waals surface area contributed by atoms with E-state index in [4.69, 9.17) is 5.11 Å². The molecule has 1 aromatic carbocycles. The Morgan fingerprint density at radius 2 is 1.93 bits per heavy atom. The second-order valence-corrected chi connectivity index (χ2v) is 2.80. The molecule has 0 saturated carbocycles. The lowest BCUT2D eigenvalue weighted by Gasteiger charge is -2.17. The molecule has 15 heavy (non-hydrogen) atoms. The topological polar surface area (TPSA) is 29.5 Å². The van der Waals surface area contributed by atoms with Gasteiger partial charge < -0.3 is 9.84 Å². The van der Waals surface area contributed by atoms with Gasteiger partial charge in [-0.25, -0.2) is 4.39 Å². The largest absolute Gasteiger partial charge is 0.496 e. The van der Waals surface area contributed by atoms with E-state index in [0.29, 0.717) is 0 Å². The molecular weight excluding hydrogens is 216 g/mol. The molecule has 0 fully saturated rings. The van der Waals surface area contributed by atoms with E-state index in [-0.39, 0.29) is 5.75 Å². The van der Waals surface area contributed by atoms with E-state index in [2.05, 4.69) is 4.74 Å². The van der Waals surface area contributed by atoms with Crippen LogP contribution in [0, 0.1) is 5.82 Å². The Hall–Kier alpha value is -1.30. The summed E-state index contributed by atoms with van der Waals surface area (Å²) < 4.78 is 54.1. The first-order chi connectivity index (χ1) is 6.88. The van der Waals surface area contributed by atoms with Crippen LogP contribution in [0.4, 0.5) is 17.6 Å². The number of aliphatic hydroxyl groups is 1. The summed E-state index contributed by atoms with van der Waals surface area (Å²) in [4.78, 5) is 0. The zero-order valence-corrected chi connectivity index (χ0v) is 7.68. The summed E-state index contributed by atoms with van der Waals surface area (Å²) in [6.45, 7) is 0. The third kappa shape index (κ3) is 2.38. The zero-order valence-electron chi connectivity index (χ0n) is 7.68. The van der Waals surface area contributed by atoms with Crippen LogP contribution in [0.25, 0.3) is 0 Å². The van der Waals surface area contributed by atoms with Crippen molar-refractivity contribution in [1.82, 2.24) is 0 Å². The fourth-order valence-corrected chi connectivity index (χ4v) is 1.12. The predicted octanol–water partition coefficient (Wildman–Crippen LogP) is 2.43. The minimum absolute atomic E-state index is 0.333. The minimum atomic E-state index is -4.92. The van der Waals surface area contributed by atoms with Crippen molar-refractivity contribution in [2.24, 2.45) is 0 Å². The number of halogens is 4. The molecule has 1 aromatic rings. The first kappa shape index (κ1) is 11.8. The molecule has 0 heterocycles. The van der Waals surface area contributed by atoms with E-state index in [1.165, 1.54) is 6.07 Å². The highest BCUT2D eigenvalue weighted by Gasteiger charge is 2.42. The maximum absolute atomic E-state index is 13.1. The molecule has 0 aromatic heterocycles. The SMILES string of the molecule is COc1cccc(F)c1C(O)C(F)(F)F. The molecule has 0 amide bonds. The Labute approximate surface area is 83.1 Å². The van der Waals surface area contributed by atoms with Crippen LogP contribution in [0.5, 0.6) is 5.75 Å². The number of ether oxygens (including phenoxy) is 1. The molecule has 1 atom stereocenters. The van der Waals surface area contributed by atoms with Crippen molar-refractivity contribution < 1.29 is 27.4 Å². The Morgan fingerprint density at radius 1 is 1.33 bits per heavy atom. The maximum atomic E-state index is 13.1. The lowest BCUT2D eigenvalue weighted by Crippen LogP contribution is -2.22. The van der Waals surface area contributed by atoms with Crippen molar-refractivity contribution in [1.29, 1.82) is 0 Å². The molecule has 1 rings (SSSR count). The van der Waals surface area contributed by atoms with E-state index in [9.17, 15) is 17.6 Å². The highest BCUT2D eigenvalue weighted by atomic mass is 19.4. The molecule has 0 radical (unpaired) electrons. The Morgan fingerprint density at radius 3 is 2.40 bits per heavy atom. The number of aliphatic hydroxyl groups excluding tert-OH is 1. The molecule has 0 saturated heterocycles. The highest BCUT2D eigenvalue weighted by Crippen LogP contribution is 2.38. The molecule has 1 N–H and O–H groups in total. The first-order valence-corrected chi connectivity index (χ1v) is 3.95. The molecule has 0 aliphatic heterocycles. The van der Waals surface area contributed by atoms with Crippen molar-refractivity contribution in [2.75, 3.05) is 7.11 Å². The van der Waals surface area contributed by atoms with E-state index >= 15 is 0 Å². The van der Waals surface area contributed by atoms with Gasteiger partial charge in [0.2, 0.25) is 0 Å². The zero-order chi connectivity index (χ0) is 11.6. The number of alkyl halides is 3. The quantitative estimate of drug-likeness (QED) is 0.782. The number of hydrogen-bond acceptors (Lipinski definition) is 2. The first-order valence-electron chi connectivity index (χ1n) is 3.95. The van der Waals surface area contributed by atoms with E-state index in [1.54, 1.807) is 0 Å². The number of hydrogen-bond donors (Lipinski definition) is 1. The molecule has 6 heteroatoms. The van der Waals surface area contributed by atoms with Crippen LogP contribution in [0.2, 0.25) is 0 Å². The Bertz CT molecular complexity index is 348. The van der Waals surface area contributed by atoms with Crippen LogP contribution in [-0.4, -0.2) is 18.4 Å². The molecule has 2 nitrogen and oxygen atoms in total. The van der Waals surface area contributed by atoms with Crippen LogP contribution in [-0.2, 0) is 0 Å². The van der Waals surface area contributed by atoms with Crippen molar-refractivity contribution in [3.8, 4) is 5.75 Å². The second-order valence-electron chi connectivity index (χ2n) is 2.80. The van der Waals surface area contributed by atoms with Gasteiger partial charge in [0.05, 0.1) is 12.7 Å². The van der Waals surface area contributed by atoms with E-state index in [0.717, 1.165) is 19.2 Å². The summed E-state index contributed by atoms with van der Waals surface area (Å²) in [5.74, 6) is -1.49. The van der Waals surface area contributed by atoms with Gasteiger partial charge in [-0.05, 0) is 12.1 Å². The summed E-state index contributed by atoms with van der Waals surface area (Å²) in [5.41, 5.74) is -0.896. The van der Waals surface area contributed by atoms with Gasteiger partial charge in [0.15, 0.2) is 6.10 Å². The third-order valence-corrected chi connectivity index (χ3v) is 1.82. The summed E-state index contributed by atoms with van der Waals surface area (Å²) in [6.07, 6.45) is -7.80. The average molecular weight is 224 g/mol. The predicted molar refractivity (Wildman–Crippen MR) is 44.0 cm³/mol. The molecule has 0 aliphatic carbocycles. The molecule has 0 aliphatic rings. The van der Waals surface area contributed by atoms with E-state index < -0.39 is 23.7 Å². The van der Waals surface area contributed by atoms with Gasteiger partial charge in [-0.3, -0.25) is 0 Å². The average Bonchev–Trinajstić information content (AvgIpc) is 2.15. The summed E-state index contributed by atoms with van der Waals surface area (Å²) in [7, 11) is 1.10. The molecule has 0 bridgehead atoms. The number of rotatable bonds is 2. The Kier molecular flexibility index (Phi) is 3.18. The normalized spacial score (nSPS) is 13.7. The maximum Gasteiger partial charge on any atom is 0.418 e. The standard InChI is InChI=1S/C9H8F4O2/c1-15-6-4-2-3-5(10)7(6)8(14)9(11,12)13/h2-4,8,14H,1H3. The molecule has 84 valence electrons. The summed E-state index contributed by atoms with van der Waals surface area (Å²) in [5, 5.41) is 8.90. The van der Waals surface area contributed by atoms with Crippen LogP contribution >= 0.6 is 0 Å². The van der Waals surface area contributed by atoms with E-state index in [1.807, 2.05) is 0 Å². The van der Waals surface area contributed by atoms with Crippen molar-refractivity contribution >= 4 is 0 Å². The number of benzene rings is 1. The van der Waals surface area contributed by atoms with Crippen LogP contribution in [0.15, 0.2) is 18.2 Å².